The van der Waals surface area contributed by atoms with Crippen molar-refractivity contribution in [3.05, 3.63) is 29.8 Å². The highest BCUT2D eigenvalue weighted by molar-refractivity contribution is 5.78. The van der Waals surface area contributed by atoms with Crippen molar-refractivity contribution in [3.63, 3.8) is 0 Å². The molecular weight excluding hydrogens is 254 g/mol. The van der Waals surface area contributed by atoms with E-state index in [0.717, 1.165) is 12.8 Å². The molecule has 0 aromatic heterocycles. The Hall–Kier alpha value is -1.69. The molecule has 1 aromatic carbocycles. The van der Waals surface area contributed by atoms with Crippen molar-refractivity contribution in [2.75, 3.05) is 6.54 Å². The van der Waals surface area contributed by atoms with Gasteiger partial charge in [0.05, 0.1) is 6.54 Å². The lowest BCUT2D eigenvalue weighted by molar-refractivity contribution is -0.120. The van der Waals surface area contributed by atoms with E-state index >= 15 is 0 Å². The van der Waals surface area contributed by atoms with E-state index in [1.807, 2.05) is 0 Å². The first kappa shape index (κ1) is 13.7. The Labute approximate surface area is 110 Å². The van der Waals surface area contributed by atoms with Gasteiger partial charge in [-0.3, -0.25) is 4.79 Å². The molecule has 0 aliphatic heterocycles. The van der Waals surface area contributed by atoms with E-state index in [9.17, 15) is 13.6 Å². The van der Waals surface area contributed by atoms with Gasteiger partial charge in [0.15, 0.2) is 0 Å². The fourth-order valence-electron chi connectivity index (χ4n) is 1.68. The second kappa shape index (κ2) is 6.47. The highest BCUT2D eigenvalue weighted by Crippen LogP contribution is 2.20. The Balaban J connectivity index is 1.79. The summed E-state index contributed by atoms with van der Waals surface area (Å²) in [5, 5.41) is 5.75. The highest BCUT2D eigenvalue weighted by Gasteiger charge is 2.22. The first-order chi connectivity index (χ1) is 9.15. The second-order valence-electron chi connectivity index (χ2n) is 4.43. The van der Waals surface area contributed by atoms with Gasteiger partial charge in [0.25, 0.3) is 0 Å². The number of hydrogen-bond acceptors (Lipinski definition) is 3. The number of nitrogens with one attached hydrogen (secondary N) is 2. The Kier molecular flexibility index (Phi) is 4.68. The lowest BCUT2D eigenvalue weighted by atomic mass is 10.2. The normalized spacial score (nSPS) is 14.5. The lowest BCUT2D eigenvalue weighted by Crippen LogP contribution is -2.34. The summed E-state index contributed by atoms with van der Waals surface area (Å²) in [6.45, 7) is -2.38. The molecule has 0 unspecified atom stereocenters. The van der Waals surface area contributed by atoms with Gasteiger partial charge in [-0.25, -0.2) is 0 Å². The van der Waals surface area contributed by atoms with Crippen LogP contribution in [0.15, 0.2) is 24.3 Å². The average Bonchev–Trinajstić information content (AvgIpc) is 3.14. The van der Waals surface area contributed by atoms with E-state index in [4.69, 9.17) is 0 Å². The predicted molar refractivity (Wildman–Crippen MR) is 65.9 cm³/mol. The largest absolute Gasteiger partial charge is 0.434 e. The highest BCUT2D eigenvalue weighted by atomic mass is 19.3. The third-order valence-electron chi connectivity index (χ3n) is 2.73. The monoisotopic (exact) mass is 270 g/mol. The number of rotatable bonds is 7. The Morgan fingerprint density at radius 2 is 2.11 bits per heavy atom. The fourth-order valence-corrected chi connectivity index (χ4v) is 1.68. The zero-order valence-corrected chi connectivity index (χ0v) is 10.4. The van der Waals surface area contributed by atoms with Gasteiger partial charge >= 0.3 is 6.61 Å². The van der Waals surface area contributed by atoms with Crippen LogP contribution in [-0.2, 0) is 11.3 Å². The topological polar surface area (TPSA) is 50.4 Å². The molecule has 0 heterocycles. The van der Waals surface area contributed by atoms with E-state index in [1.165, 1.54) is 6.07 Å². The molecule has 1 aliphatic carbocycles. The SMILES string of the molecule is O=C(CNCc1ccccc1OC(F)F)NC1CC1. The molecular formula is C13H16F2N2O2. The van der Waals surface area contributed by atoms with E-state index < -0.39 is 6.61 Å². The van der Waals surface area contributed by atoms with Crippen LogP contribution in [0.2, 0.25) is 0 Å². The van der Waals surface area contributed by atoms with Gasteiger partial charge in [-0.05, 0) is 18.9 Å². The Bertz CT molecular complexity index is 436. The van der Waals surface area contributed by atoms with Gasteiger partial charge in [0.2, 0.25) is 5.91 Å². The maximum absolute atomic E-state index is 12.2. The molecule has 2 N–H and O–H groups in total. The fraction of sp³-hybridized carbons (Fsp3) is 0.462. The summed E-state index contributed by atoms with van der Waals surface area (Å²) in [6, 6.07) is 6.85. The quantitative estimate of drug-likeness (QED) is 0.792. The molecule has 0 bridgehead atoms. The van der Waals surface area contributed by atoms with E-state index in [-0.39, 0.29) is 18.2 Å². The average molecular weight is 270 g/mol. The van der Waals surface area contributed by atoms with Crippen LogP contribution < -0.4 is 15.4 Å². The molecule has 0 radical (unpaired) electrons. The zero-order valence-electron chi connectivity index (χ0n) is 10.4. The first-order valence-corrected chi connectivity index (χ1v) is 6.18. The van der Waals surface area contributed by atoms with Crippen molar-refractivity contribution < 1.29 is 18.3 Å². The van der Waals surface area contributed by atoms with Crippen molar-refractivity contribution in [2.24, 2.45) is 0 Å². The van der Waals surface area contributed by atoms with Crippen LogP contribution in [0.25, 0.3) is 0 Å². The summed E-state index contributed by atoms with van der Waals surface area (Å²) in [6.07, 6.45) is 2.08. The molecule has 19 heavy (non-hydrogen) atoms. The van der Waals surface area contributed by atoms with Crippen molar-refractivity contribution in [2.45, 2.75) is 32.0 Å². The molecule has 0 saturated heterocycles. The van der Waals surface area contributed by atoms with Gasteiger partial charge in [0.1, 0.15) is 5.75 Å². The molecule has 2 rings (SSSR count). The number of alkyl halides is 2. The molecule has 1 amide bonds. The third-order valence-corrected chi connectivity index (χ3v) is 2.73. The maximum atomic E-state index is 12.2. The molecule has 1 aliphatic rings. The van der Waals surface area contributed by atoms with E-state index in [1.54, 1.807) is 18.2 Å². The summed E-state index contributed by atoms with van der Waals surface area (Å²) in [5.41, 5.74) is 0.599. The maximum Gasteiger partial charge on any atom is 0.387 e. The zero-order chi connectivity index (χ0) is 13.7. The molecule has 6 heteroatoms. The number of para-hydroxylation sites is 1. The number of carbonyl (C=O) groups is 1. The number of halogens is 2. The van der Waals surface area contributed by atoms with Gasteiger partial charge in [-0.15, -0.1) is 0 Å². The number of amides is 1. The van der Waals surface area contributed by atoms with Crippen molar-refractivity contribution >= 4 is 5.91 Å². The molecule has 104 valence electrons. The smallest absolute Gasteiger partial charge is 0.387 e. The van der Waals surface area contributed by atoms with E-state index in [0.29, 0.717) is 18.2 Å². The number of benzene rings is 1. The summed E-state index contributed by atoms with van der Waals surface area (Å²) in [5.74, 6) is 0.0577. The Morgan fingerprint density at radius 1 is 1.37 bits per heavy atom. The van der Waals surface area contributed by atoms with Crippen molar-refractivity contribution in [3.8, 4) is 5.75 Å². The van der Waals surface area contributed by atoms with Crippen LogP contribution in [-0.4, -0.2) is 25.1 Å². The Morgan fingerprint density at radius 3 is 2.79 bits per heavy atom. The summed E-state index contributed by atoms with van der Waals surface area (Å²) >= 11 is 0. The minimum atomic E-state index is -2.85. The summed E-state index contributed by atoms with van der Waals surface area (Å²) in [7, 11) is 0. The lowest BCUT2D eigenvalue weighted by Gasteiger charge is -2.11. The van der Waals surface area contributed by atoms with E-state index in [2.05, 4.69) is 15.4 Å². The van der Waals surface area contributed by atoms with Crippen LogP contribution in [0.3, 0.4) is 0 Å². The van der Waals surface area contributed by atoms with Crippen LogP contribution in [0.1, 0.15) is 18.4 Å². The molecule has 1 fully saturated rings. The second-order valence-corrected chi connectivity index (χ2v) is 4.43. The van der Waals surface area contributed by atoms with Crippen LogP contribution in [0, 0.1) is 0 Å². The van der Waals surface area contributed by atoms with Crippen molar-refractivity contribution in [1.29, 1.82) is 0 Å². The predicted octanol–water partition coefficient (Wildman–Crippen LogP) is 1.66. The van der Waals surface area contributed by atoms with Crippen LogP contribution >= 0.6 is 0 Å². The van der Waals surface area contributed by atoms with Gasteiger partial charge in [-0.2, -0.15) is 8.78 Å². The standard InChI is InChI=1S/C13H16F2N2O2/c14-13(15)19-11-4-2-1-3-9(11)7-16-8-12(18)17-10-5-6-10/h1-4,10,13,16H,5-8H2,(H,17,18). The first-order valence-electron chi connectivity index (χ1n) is 6.18. The minimum Gasteiger partial charge on any atom is -0.434 e. The molecule has 0 atom stereocenters. The van der Waals surface area contributed by atoms with Crippen LogP contribution in [0.5, 0.6) is 5.75 Å². The number of carbonyl (C=O) groups excluding carboxylic acids is 1. The molecule has 4 nitrogen and oxygen atoms in total. The van der Waals surface area contributed by atoms with Gasteiger partial charge < -0.3 is 15.4 Å². The van der Waals surface area contributed by atoms with Crippen LogP contribution in [0.4, 0.5) is 8.78 Å². The van der Waals surface area contributed by atoms with Crippen molar-refractivity contribution in [1.82, 2.24) is 10.6 Å². The van der Waals surface area contributed by atoms with Gasteiger partial charge in [-0.1, -0.05) is 18.2 Å². The molecule has 1 saturated carbocycles. The van der Waals surface area contributed by atoms with Gasteiger partial charge in [0, 0.05) is 18.2 Å². The molecule has 1 aromatic rings. The number of hydrogen-bond donors (Lipinski definition) is 2. The summed E-state index contributed by atoms with van der Waals surface area (Å²) < 4.78 is 28.8. The molecule has 0 spiro atoms. The summed E-state index contributed by atoms with van der Waals surface area (Å²) in [4.78, 5) is 11.4. The number of ether oxygens (including phenoxy) is 1. The minimum absolute atomic E-state index is 0.0743. The third kappa shape index (κ3) is 4.82.